The van der Waals surface area contributed by atoms with Gasteiger partial charge < -0.3 is 14.1 Å². The summed E-state index contributed by atoms with van der Waals surface area (Å²) in [5, 5.41) is 3.31. The number of ether oxygens (including phenoxy) is 1. The topological polar surface area (TPSA) is 67.9 Å². The Kier molecular flexibility index (Phi) is 4.10. The third-order valence-corrected chi connectivity index (χ3v) is 4.54. The minimum Gasteiger partial charge on any atom is -0.422 e. The first-order valence-electron chi connectivity index (χ1n) is 7.64. The third kappa shape index (κ3) is 3.08. The molecule has 6 nitrogen and oxygen atoms in total. The van der Waals surface area contributed by atoms with Gasteiger partial charge >= 0.3 is 5.63 Å². The molecule has 1 saturated heterocycles. The lowest BCUT2D eigenvalue weighted by Crippen LogP contribution is -2.34. The van der Waals surface area contributed by atoms with Gasteiger partial charge in [-0.2, -0.15) is 0 Å². The van der Waals surface area contributed by atoms with Crippen molar-refractivity contribution in [3.63, 3.8) is 0 Å². The summed E-state index contributed by atoms with van der Waals surface area (Å²) in [7, 11) is 0. The Balaban J connectivity index is 1.61. The van der Waals surface area contributed by atoms with Crippen LogP contribution < -0.4 is 5.63 Å². The van der Waals surface area contributed by atoms with Crippen molar-refractivity contribution >= 4 is 33.8 Å². The van der Waals surface area contributed by atoms with Crippen LogP contribution in [0.15, 0.2) is 49.9 Å². The van der Waals surface area contributed by atoms with Gasteiger partial charge in [0.05, 0.1) is 30.8 Å². The van der Waals surface area contributed by atoms with Gasteiger partial charge in [-0.1, -0.05) is 18.2 Å². The van der Waals surface area contributed by atoms with Gasteiger partial charge in [-0.25, -0.2) is 14.8 Å². The second-order valence-corrected chi connectivity index (χ2v) is 6.23. The van der Waals surface area contributed by atoms with Crippen LogP contribution in [0.5, 0.6) is 0 Å². The molecule has 3 heterocycles. The second-order valence-electron chi connectivity index (χ2n) is 5.39. The molecule has 122 valence electrons. The van der Waals surface area contributed by atoms with Crippen LogP contribution >= 0.6 is 11.3 Å². The van der Waals surface area contributed by atoms with E-state index in [4.69, 9.17) is 9.15 Å². The predicted octanol–water partition coefficient (Wildman–Crippen LogP) is 2.91. The highest BCUT2D eigenvalue weighted by molar-refractivity contribution is 7.13. The first-order chi connectivity index (χ1) is 11.8. The molecule has 4 rings (SSSR count). The normalized spacial score (nSPS) is 15.4. The molecule has 1 aliphatic rings. The number of hydrogen-bond acceptors (Lipinski definition) is 6. The Morgan fingerprint density at radius 2 is 2.08 bits per heavy atom. The standard InChI is InChI=1S/C17H15N3O3S/c21-16-13(9-12-3-1-2-4-15(12)23-16)14-10-24-17(19-14)18-11-20-5-7-22-8-6-20/h1-4,9-11H,5-8H2. The van der Waals surface area contributed by atoms with E-state index in [0.717, 1.165) is 18.5 Å². The van der Waals surface area contributed by atoms with Crippen molar-refractivity contribution < 1.29 is 9.15 Å². The Morgan fingerprint density at radius 3 is 2.96 bits per heavy atom. The number of fused-ring (bicyclic) bond motifs is 1. The molecule has 0 unspecified atom stereocenters. The summed E-state index contributed by atoms with van der Waals surface area (Å²) in [6.45, 7) is 3.09. The van der Waals surface area contributed by atoms with Crippen LogP contribution in [-0.2, 0) is 4.74 Å². The molecule has 0 saturated carbocycles. The van der Waals surface area contributed by atoms with Crippen LogP contribution in [0.1, 0.15) is 0 Å². The van der Waals surface area contributed by atoms with Gasteiger partial charge in [0, 0.05) is 23.9 Å². The molecule has 3 aromatic rings. The van der Waals surface area contributed by atoms with Gasteiger partial charge in [0.1, 0.15) is 5.58 Å². The number of aromatic nitrogens is 1. The maximum Gasteiger partial charge on any atom is 0.345 e. The summed E-state index contributed by atoms with van der Waals surface area (Å²) in [6, 6.07) is 9.24. The first kappa shape index (κ1) is 15.0. The van der Waals surface area contributed by atoms with Crippen molar-refractivity contribution in [1.82, 2.24) is 9.88 Å². The SMILES string of the molecule is O=c1oc2ccccc2cc1-c1csc(N=CN2CCOCC2)n1. The Bertz CT molecular complexity index is 941. The molecular formula is C17H15N3O3S. The lowest BCUT2D eigenvalue weighted by atomic mass is 10.1. The van der Waals surface area contributed by atoms with Crippen molar-refractivity contribution in [2.45, 2.75) is 0 Å². The summed E-state index contributed by atoms with van der Waals surface area (Å²) in [6.07, 6.45) is 1.79. The molecule has 0 amide bonds. The van der Waals surface area contributed by atoms with Crippen molar-refractivity contribution in [2.24, 2.45) is 4.99 Å². The summed E-state index contributed by atoms with van der Waals surface area (Å²) in [4.78, 5) is 23.1. The Labute approximate surface area is 142 Å². The summed E-state index contributed by atoms with van der Waals surface area (Å²) >= 11 is 1.40. The Hall–Kier alpha value is -2.51. The van der Waals surface area contributed by atoms with Gasteiger partial charge in [-0.05, 0) is 12.1 Å². The average Bonchev–Trinajstić information content (AvgIpc) is 3.09. The molecule has 1 aliphatic heterocycles. The largest absolute Gasteiger partial charge is 0.422 e. The second kappa shape index (κ2) is 6.54. The number of nitrogens with zero attached hydrogens (tertiary/aromatic N) is 3. The zero-order valence-electron chi connectivity index (χ0n) is 12.8. The van der Waals surface area contributed by atoms with Crippen LogP contribution in [0.2, 0.25) is 0 Å². The lowest BCUT2D eigenvalue weighted by Gasteiger charge is -2.23. The smallest absolute Gasteiger partial charge is 0.345 e. The van der Waals surface area contributed by atoms with E-state index in [1.54, 1.807) is 12.4 Å². The molecule has 0 atom stereocenters. The van der Waals surface area contributed by atoms with Gasteiger partial charge in [0.15, 0.2) is 0 Å². The molecule has 2 aromatic heterocycles. The van der Waals surface area contributed by atoms with Crippen LogP contribution in [-0.4, -0.2) is 42.5 Å². The number of morpholine rings is 1. The highest BCUT2D eigenvalue weighted by Gasteiger charge is 2.12. The van der Waals surface area contributed by atoms with E-state index in [1.165, 1.54) is 11.3 Å². The first-order valence-corrected chi connectivity index (χ1v) is 8.52. The average molecular weight is 341 g/mol. The van der Waals surface area contributed by atoms with E-state index in [-0.39, 0.29) is 5.63 Å². The molecule has 0 bridgehead atoms. The fourth-order valence-corrected chi connectivity index (χ4v) is 3.17. The van der Waals surface area contributed by atoms with E-state index < -0.39 is 0 Å². The van der Waals surface area contributed by atoms with Crippen molar-refractivity contribution in [3.8, 4) is 11.3 Å². The van der Waals surface area contributed by atoms with E-state index >= 15 is 0 Å². The molecule has 1 fully saturated rings. The zero-order valence-corrected chi connectivity index (χ0v) is 13.7. The lowest BCUT2D eigenvalue weighted by molar-refractivity contribution is 0.0701. The van der Waals surface area contributed by atoms with E-state index in [2.05, 4.69) is 14.9 Å². The van der Waals surface area contributed by atoms with Crippen molar-refractivity contribution in [1.29, 1.82) is 0 Å². The maximum atomic E-state index is 12.2. The minimum atomic E-state index is -0.386. The molecule has 0 N–H and O–H groups in total. The molecule has 24 heavy (non-hydrogen) atoms. The predicted molar refractivity (Wildman–Crippen MR) is 94.1 cm³/mol. The van der Waals surface area contributed by atoms with Crippen LogP contribution in [0.3, 0.4) is 0 Å². The summed E-state index contributed by atoms with van der Waals surface area (Å²) < 4.78 is 10.7. The third-order valence-electron chi connectivity index (χ3n) is 3.79. The quantitative estimate of drug-likeness (QED) is 0.416. The van der Waals surface area contributed by atoms with Gasteiger partial charge in [-0.15, -0.1) is 11.3 Å². The number of hydrogen-bond donors (Lipinski definition) is 0. The number of para-hydroxylation sites is 1. The fraction of sp³-hybridized carbons (Fsp3) is 0.235. The monoisotopic (exact) mass is 341 g/mol. The Morgan fingerprint density at radius 1 is 1.25 bits per heavy atom. The molecular weight excluding hydrogens is 326 g/mol. The number of rotatable bonds is 3. The number of aliphatic imine (C=N–C) groups is 1. The molecule has 0 aliphatic carbocycles. The van der Waals surface area contributed by atoms with E-state index in [0.29, 0.717) is 35.2 Å². The fourth-order valence-electron chi connectivity index (χ4n) is 2.51. The van der Waals surface area contributed by atoms with Crippen molar-refractivity contribution in [3.05, 3.63) is 46.1 Å². The number of thiazole rings is 1. The van der Waals surface area contributed by atoms with Gasteiger partial charge in [-0.3, -0.25) is 0 Å². The molecule has 1 aromatic carbocycles. The van der Waals surface area contributed by atoms with Gasteiger partial charge in [0.25, 0.3) is 0 Å². The molecule has 0 radical (unpaired) electrons. The molecule has 0 spiro atoms. The highest BCUT2D eigenvalue weighted by Crippen LogP contribution is 2.26. The maximum absolute atomic E-state index is 12.2. The van der Waals surface area contributed by atoms with E-state index in [1.807, 2.05) is 29.6 Å². The van der Waals surface area contributed by atoms with Gasteiger partial charge in [0.2, 0.25) is 5.13 Å². The van der Waals surface area contributed by atoms with Crippen LogP contribution in [0.4, 0.5) is 5.13 Å². The minimum absolute atomic E-state index is 0.386. The summed E-state index contributed by atoms with van der Waals surface area (Å²) in [5.74, 6) is 0. The molecule has 7 heteroatoms. The van der Waals surface area contributed by atoms with E-state index in [9.17, 15) is 4.79 Å². The van der Waals surface area contributed by atoms with Crippen molar-refractivity contribution in [2.75, 3.05) is 26.3 Å². The van der Waals surface area contributed by atoms with Crippen LogP contribution in [0.25, 0.3) is 22.2 Å². The summed E-state index contributed by atoms with van der Waals surface area (Å²) in [5.41, 5.74) is 1.24. The zero-order chi connectivity index (χ0) is 16.4. The van der Waals surface area contributed by atoms with Crippen LogP contribution in [0, 0.1) is 0 Å². The number of benzene rings is 1. The highest BCUT2D eigenvalue weighted by atomic mass is 32.1.